The molecule has 1 amide bonds. The van der Waals surface area contributed by atoms with Crippen molar-refractivity contribution in [1.29, 1.82) is 0 Å². The Hall–Kier alpha value is -2.69. The van der Waals surface area contributed by atoms with Crippen molar-refractivity contribution in [2.24, 2.45) is 5.92 Å². The first-order valence-electron chi connectivity index (χ1n) is 11.0. The molecule has 1 N–H and O–H groups in total. The van der Waals surface area contributed by atoms with E-state index in [0.717, 1.165) is 30.3 Å². The minimum absolute atomic E-state index is 0.0820. The SMILES string of the molecule is CC[C@H](Oc1ccc(OC)cc1)C(=O)N[C@@H](C)c1ccc(N2CCC(C)CC2)cc1. The Kier molecular flexibility index (Phi) is 7.61. The fraction of sp³-hybridized carbons (Fsp3) is 0.480. The van der Waals surface area contributed by atoms with E-state index in [0.29, 0.717) is 12.2 Å². The second-order valence-electron chi connectivity index (χ2n) is 8.18. The molecule has 3 rings (SSSR count). The van der Waals surface area contributed by atoms with Gasteiger partial charge in [-0.25, -0.2) is 0 Å². The van der Waals surface area contributed by atoms with Crippen LogP contribution < -0.4 is 19.7 Å². The summed E-state index contributed by atoms with van der Waals surface area (Å²) in [5, 5.41) is 3.09. The first kappa shape index (κ1) is 22.0. The Labute approximate surface area is 180 Å². The smallest absolute Gasteiger partial charge is 0.261 e. The molecule has 2 atom stereocenters. The Morgan fingerprint density at radius 3 is 2.23 bits per heavy atom. The summed E-state index contributed by atoms with van der Waals surface area (Å²) < 4.78 is 11.1. The van der Waals surface area contributed by atoms with Crippen molar-refractivity contribution in [3.8, 4) is 11.5 Å². The zero-order valence-corrected chi connectivity index (χ0v) is 18.6. The molecule has 2 aromatic rings. The molecule has 0 saturated carbocycles. The number of carbonyl (C=O) groups excluding carboxylic acids is 1. The van der Waals surface area contributed by atoms with Gasteiger partial charge in [-0.05, 0) is 74.1 Å². The fourth-order valence-electron chi connectivity index (χ4n) is 3.77. The topological polar surface area (TPSA) is 50.8 Å². The fourth-order valence-corrected chi connectivity index (χ4v) is 3.77. The van der Waals surface area contributed by atoms with Crippen LogP contribution in [0.4, 0.5) is 5.69 Å². The molecule has 0 unspecified atom stereocenters. The summed E-state index contributed by atoms with van der Waals surface area (Å²) in [5.74, 6) is 2.14. The number of carbonyl (C=O) groups is 1. The summed E-state index contributed by atoms with van der Waals surface area (Å²) in [5.41, 5.74) is 2.36. The van der Waals surface area contributed by atoms with Crippen LogP contribution in [-0.2, 0) is 4.79 Å². The van der Waals surface area contributed by atoms with Crippen LogP contribution >= 0.6 is 0 Å². The van der Waals surface area contributed by atoms with Crippen LogP contribution in [0.1, 0.15) is 51.6 Å². The van der Waals surface area contributed by atoms with E-state index < -0.39 is 6.10 Å². The van der Waals surface area contributed by atoms with Crippen molar-refractivity contribution in [2.75, 3.05) is 25.1 Å². The number of hydrogen-bond acceptors (Lipinski definition) is 4. The molecule has 1 aliphatic heterocycles. The second-order valence-corrected chi connectivity index (χ2v) is 8.18. The summed E-state index contributed by atoms with van der Waals surface area (Å²) in [6, 6.07) is 15.8. The maximum absolute atomic E-state index is 12.8. The number of nitrogens with one attached hydrogen (secondary N) is 1. The van der Waals surface area contributed by atoms with Crippen LogP contribution in [0, 0.1) is 5.92 Å². The van der Waals surface area contributed by atoms with E-state index in [9.17, 15) is 4.79 Å². The molecule has 162 valence electrons. The van der Waals surface area contributed by atoms with E-state index in [1.54, 1.807) is 7.11 Å². The van der Waals surface area contributed by atoms with Gasteiger partial charge in [0.05, 0.1) is 13.2 Å². The van der Waals surface area contributed by atoms with Crippen LogP contribution in [0.2, 0.25) is 0 Å². The summed E-state index contributed by atoms with van der Waals surface area (Å²) in [6.45, 7) is 8.52. The number of nitrogens with zero attached hydrogens (tertiary/aromatic N) is 1. The van der Waals surface area contributed by atoms with Gasteiger partial charge < -0.3 is 19.7 Å². The maximum atomic E-state index is 12.8. The molecule has 0 bridgehead atoms. The lowest BCUT2D eigenvalue weighted by atomic mass is 9.98. The Morgan fingerprint density at radius 1 is 1.07 bits per heavy atom. The molecular weight excluding hydrogens is 376 g/mol. The highest BCUT2D eigenvalue weighted by Gasteiger charge is 2.21. The van der Waals surface area contributed by atoms with Gasteiger partial charge in [0.25, 0.3) is 5.91 Å². The molecule has 1 aliphatic rings. The molecule has 0 aliphatic carbocycles. The summed E-state index contributed by atoms with van der Waals surface area (Å²) >= 11 is 0. The molecule has 1 fully saturated rings. The van der Waals surface area contributed by atoms with Crippen molar-refractivity contribution in [1.82, 2.24) is 5.32 Å². The third-order valence-electron chi connectivity index (χ3n) is 5.90. The van der Waals surface area contributed by atoms with E-state index >= 15 is 0 Å². The minimum atomic E-state index is -0.532. The number of rotatable bonds is 8. The van der Waals surface area contributed by atoms with Crippen molar-refractivity contribution in [3.63, 3.8) is 0 Å². The molecule has 1 saturated heterocycles. The molecular formula is C25H34N2O3. The second kappa shape index (κ2) is 10.4. The van der Waals surface area contributed by atoms with E-state index in [1.807, 2.05) is 38.1 Å². The third-order valence-corrected chi connectivity index (χ3v) is 5.90. The van der Waals surface area contributed by atoms with Crippen LogP contribution in [0.15, 0.2) is 48.5 Å². The molecule has 1 heterocycles. The van der Waals surface area contributed by atoms with Gasteiger partial charge in [-0.3, -0.25) is 4.79 Å². The standard InChI is InChI=1S/C25H34N2O3/c1-5-24(30-23-12-10-22(29-4)11-13-23)25(28)26-19(3)20-6-8-21(9-7-20)27-16-14-18(2)15-17-27/h6-13,18-19,24H,5,14-17H2,1-4H3,(H,26,28)/t19-,24-/m0/s1. The van der Waals surface area contributed by atoms with Gasteiger partial charge in [0.2, 0.25) is 0 Å². The molecule has 5 heteroatoms. The number of piperidine rings is 1. The van der Waals surface area contributed by atoms with Gasteiger partial charge >= 0.3 is 0 Å². The summed E-state index contributed by atoms with van der Waals surface area (Å²) in [7, 11) is 1.62. The van der Waals surface area contributed by atoms with Gasteiger partial charge in [0, 0.05) is 18.8 Å². The highest BCUT2D eigenvalue weighted by molar-refractivity contribution is 5.81. The zero-order chi connectivity index (χ0) is 21.5. The van der Waals surface area contributed by atoms with Crippen molar-refractivity contribution in [3.05, 3.63) is 54.1 Å². The molecule has 30 heavy (non-hydrogen) atoms. The molecule has 5 nitrogen and oxygen atoms in total. The van der Waals surface area contributed by atoms with E-state index in [4.69, 9.17) is 9.47 Å². The lowest BCUT2D eigenvalue weighted by molar-refractivity contribution is -0.128. The van der Waals surface area contributed by atoms with Gasteiger partial charge in [-0.1, -0.05) is 26.0 Å². The van der Waals surface area contributed by atoms with E-state index in [1.165, 1.54) is 18.5 Å². The first-order valence-corrected chi connectivity index (χ1v) is 11.0. The van der Waals surface area contributed by atoms with E-state index in [-0.39, 0.29) is 11.9 Å². The normalized spacial score (nSPS) is 16.6. The van der Waals surface area contributed by atoms with Gasteiger partial charge in [0.1, 0.15) is 11.5 Å². The monoisotopic (exact) mass is 410 g/mol. The number of amides is 1. The third kappa shape index (κ3) is 5.68. The lowest BCUT2D eigenvalue weighted by Gasteiger charge is -2.32. The van der Waals surface area contributed by atoms with Gasteiger partial charge in [0.15, 0.2) is 6.10 Å². The first-order chi connectivity index (χ1) is 14.5. The summed E-state index contributed by atoms with van der Waals surface area (Å²) in [4.78, 5) is 15.2. The highest BCUT2D eigenvalue weighted by Crippen LogP contribution is 2.25. The van der Waals surface area contributed by atoms with Crippen LogP contribution in [0.3, 0.4) is 0 Å². The minimum Gasteiger partial charge on any atom is -0.497 e. The van der Waals surface area contributed by atoms with Gasteiger partial charge in [-0.2, -0.15) is 0 Å². The number of benzene rings is 2. The van der Waals surface area contributed by atoms with Crippen LogP contribution in [-0.4, -0.2) is 32.2 Å². The lowest BCUT2D eigenvalue weighted by Crippen LogP contribution is -2.39. The Bertz CT molecular complexity index is 796. The van der Waals surface area contributed by atoms with Crippen molar-refractivity contribution in [2.45, 2.75) is 52.2 Å². The molecule has 0 spiro atoms. The Morgan fingerprint density at radius 2 is 1.67 bits per heavy atom. The number of ether oxygens (including phenoxy) is 2. The number of anilines is 1. The largest absolute Gasteiger partial charge is 0.497 e. The number of hydrogen-bond donors (Lipinski definition) is 1. The molecule has 0 radical (unpaired) electrons. The average Bonchev–Trinajstić information content (AvgIpc) is 2.78. The Balaban J connectivity index is 1.56. The van der Waals surface area contributed by atoms with Crippen LogP contribution in [0.5, 0.6) is 11.5 Å². The molecule has 0 aromatic heterocycles. The highest BCUT2D eigenvalue weighted by atomic mass is 16.5. The van der Waals surface area contributed by atoms with Crippen molar-refractivity contribution >= 4 is 11.6 Å². The molecule has 2 aromatic carbocycles. The van der Waals surface area contributed by atoms with Crippen LogP contribution in [0.25, 0.3) is 0 Å². The maximum Gasteiger partial charge on any atom is 0.261 e. The quantitative estimate of drug-likeness (QED) is 0.668. The average molecular weight is 411 g/mol. The predicted molar refractivity (Wildman–Crippen MR) is 121 cm³/mol. The van der Waals surface area contributed by atoms with Crippen molar-refractivity contribution < 1.29 is 14.3 Å². The van der Waals surface area contributed by atoms with E-state index in [2.05, 4.69) is 41.4 Å². The van der Waals surface area contributed by atoms with Gasteiger partial charge in [-0.15, -0.1) is 0 Å². The predicted octanol–water partition coefficient (Wildman–Crippen LogP) is 4.97. The summed E-state index contributed by atoms with van der Waals surface area (Å²) in [6.07, 6.45) is 2.56. The number of methoxy groups -OCH3 is 1. The zero-order valence-electron chi connectivity index (χ0n) is 18.6.